The van der Waals surface area contributed by atoms with Crippen LogP contribution >= 0.6 is 0 Å². The minimum atomic E-state index is 0.665. The smallest absolute Gasteiger partial charge is 0.160 e. The monoisotopic (exact) mass is 777 g/mol. The topological polar surface area (TPSA) is 56.5 Å². The second-order valence-electron chi connectivity index (χ2n) is 15.5. The average molecular weight is 778 g/mol. The molecule has 0 fully saturated rings. The first-order valence-corrected chi connectivity index (χ1v) is 20.5. The van der Waals surface area contributed by atoms with Crippen LogP contribution < -0.4 is 0 Å². The molecule has 5 nitrogen and oxygen atoms in total. The van der Waals surface area contributed by atoms with Gasteiger partial charge < -0.3 is 4.57 Å². The molecule has 0 saturated carbocycles. The summed E-state index contributed by atoms with van der Waals surface area (Å²) in [4.78, 5) is 19.0. The average Bonchev–Trinajstić information content (AvgIpc) is 3.70. The Morgan fingerprint density at radius 1 is 0.344 bits per heavy atom. The molecule has 0 spiro atoms. The number of hydrogen-bond acceptors (Lipinski definition) is 4. The van der Waals surface area contributed by atoms with Crippen molar-refractivity contribution in [2.24, 2.45) is 0 Å². The van der Waals surface area contributed by atoms with Crippen LogP contribution in [0.25, 0.3) is 116 Å². The van der Waals surface area contributed by atoms with Crippen molar-refractivity contribution in [1.82, 2.24) is 24.5 Å². The fraction of sp³-hybridized carbons (Fsp3) is 0. The molecule has 12 aromatic rings. The van der Waals surface area contributed by atoms with Crippen LogP contribution in [0.2, 0.25) is 0 Å². The van der Waals surface area contributed by atoms with Crippen LogP contribution in [0, 0.1) is 0 Å². The van der Waals surface area contributed by atoms with Gasteiger partial charge in [0.15, 0.2) is 5.82 Å². The Kier molecular flexibility index (Phi) is 8.10. The number of nitrogens with zero attached hydrogens (tertiary/aromatic N) is 5. The minimum absolute atomic E-state index is 0.665. The van der Waals surface area contributed by atoms with Gasteiger partial charge in [-0.05, 0) is 85.6 Å². The van der Waals surface area contributed by atoms with E-state index in [0.29, 0.717) is 5.82 Å². The maximum atomic E-state index is 5.22. The van der Waals surface area contributed by atoms with E-state index >= 15 is 0 Å². The van der Waals surface area contributed by atoms with Gasteiger partial charge in [0.2, 0.25) is 0 Å². The van der Waals surface area contributed by atoms with E-state index in [4.69, 9.17) is 9.97 Å². The van der Waals surface area contributed by atoms with Crippen molar-refractivity contribution in [2.45, 2.75) is 0 Å². The molecule has 0 unspecified atom stereocenters. The Labute approximate surface area is 351 Å². The summed E-state index contributed by atoms with van der Waals surface area (Å²) in [6.45, 7) is 0. The van der Waals surface area contributed by atoms with Gasteiger partial charge in [-0.3, -0.25) is 9.97 Å². The van der Waals surface area contributed by atoms with Crippen LogP contribution in [-0.2, 0) is 0 Å². The van der Waals surface area contributed by atoms with Crippen molar-refractivity contribution in [3.63, 3.8) is 0 Å². The zero-order chi connectivity index (χ0) is 40.3. The molecular formula is C56H35N5. The molecule has 0 atom stereocenters. The molecule has 5 heteroatoms. The Morgan fingerprint density at radius 3 is 1.49 bits per heavy atom. The summed E-state index contributed by atoms with van der Waals surface area (Å²) in [5.41, 5.74) is 12.5. The van der Waals surface area contributed by atoms with E-state index in [2.05, 4.69) is 190 Å². The molecular weight excluding hydrogens is 743 g/mol. The Balaban J connectivity index is 1.02. The van der Waals surface area contributed by atoms with E-state index in [-0.39, 0.29) is 0 Å². The molecule has 0 aliphatic heterocycles. The van der Waals surface area contributed by atoms with Crippen molar-refractivity contribution in [1.29, 1.82) is 0 Å². The van der Waals surface area contributed by atoms with E-state index in [1.165, 1.54) is 54.1 Å². The molecule has 4 aromatic heterocycles. The number of fused-ring (bicyclic) bond motifs is 10. The first kappa shape index (κ1) is 34.7. The normalized spacial score (nSPS) is 11.6. The quantitative estimate of drug-likeness (QED) is 0.158. The summed E-state index contributed by atoms with van der Waals surface area (Å²) < 4.78 is 2.45. The number of hydrogen-bond donors (Lipinski definition) is 0. The molecule has 61 heavy (non-hydrogen) atoms. The molecule has 0 aliphatic rings. The maximum absolute atomic E-state index is 5.22. The third-order valence-electron chi connectivity index (χ3n) is 12.0. The molecule has 0 bridgehead atoms. The molecule has 284 valence electrons. The predicted octanol–water partition coefficient (Wildman–Crippen LogP) is 14.2. The summed E-state index contributed by atoms with van der Waals surface area (Å²) in [7, 11) is 0. The molecule has 0 aliphatic carbocycles. The van der Waals surface area contributed by atoms with Gasteiger partial charge in [-0.2, -0.15) is 0 Å². The van der Waals surface area contributed by atoms with E-state index in [1.807, 2.05) is 24.5 Å². The van der Waals surface area contributed by atoms with Crippen molar-refractivity contribution in [3.8, 4) is 61.8 Å². The van der Waals surface area contributed by atoms with Crippen molar-refractivity contribution < 1.29 is 0 Å². The molecule has 0 radical (unpaired) electrons. The number of para-hydroxylation sites is 1. The van der Waals surface area contributed by atoms with Crippen LogP contribution in [0.5, 0.6) is 0 Å². The first-order chi connectivity index (χ1) is 30.2. The Morgan fingerprint density at radius 2 is 0.869 bits per heavy atom. The summed E-state index contributed by atoms with van der Waals surface area (Å²) in [6, 6.07) is 67.0. The lowest BCUT2D eigenvalue weighted by molar-refractivity contribution is 1.17. The van der Waals surface area contributed by atoms with Crippen LogP contribution in [0.15, 0.2) is 213 Å². The van der Waals surface area contributed by atoms with Gasteiger partial charge in [-0.15, -0.1) is 0 Å². The summed E-state index contributed by atoms with van der Waals surface area (Å²) in [5, 5.41) is 10.1. The fourth-order valence-electron chi connectivity index (χ4n) is 9.08. The largest absolute Gasteiger partial charge is 0.309 e. The molecule has 0 amide bonds. The van der Waals surface area contributed by atoms with Crippen molar-refractivity contribution in [3.05, 3.63) is 213 Å². The number of pyridine rings is 2. The summed E-state index contributed by atoms with van der Waals surface area (Å²) in [5.74, 6) is 0.665. The van der Waals surface area contributed by atoms with Crippen LogP contribution in [0.1, 0.15) is 0 Å². The van der Waals surface area contributed by atoms with Gasteiger partial charge in [0.05, 0.1) is 22.4 Å². The highest BCUT2D eigenvalue weighted by atomic mass is 15.0. The maximum Gasteiger partial charge on any atom is 0.160 e. The summed E-state index contributed by atoms with van der Waals surface area (Å²) in [6.07, 6.45) is 7.37. The number of aromatic nitrogens is 5. The molecule has 8 aromatic carbocycles. The first-order valence-electron chi connectivity index (χ1n) is 20.5. The SMILES string of the molecule is c1cncc(-c2ccc(-c3cc(-c4ccc(-n5c6ccccc6c6c7ccccc7c7c8ccccc8ccc7c65)cc4)nc(-c4ccc(-c5cccnc5)cc4)n3)cc2)c1. The summed E-state index contributed by atoms with van der Waals surface area (Å²) >= 11 is 0. The third kappa shape index (κ3) is 5.86. The number of benzene rings is 8. The lowest BCUT2D eigenvalue weighted by atomic mass is 9.93. The lowest BCUT2D eigenvalue weighted by Gasteiger charge is -2.14. The predicted molar refractivity (Wildman–Crippen MR) is 252 cm³/mol. The van der Waals surface area contributed by atoms with Crippen LogP contribution in [0.3, 0.4) is 0 Å². The van der Waals surface area contributed by atoms with Crippen LogP contribution in [0.4, 0.5) is 0 Å². The Hall–Kier alpha value is -8.28. The van der Waals surface area contributed by atoms with Gasteiger partial charge in [-0.25, -0.2) is 9.97 Å². The second-order valence-corrected chi connectivity index (χ2v) is 15.5. The Bertz CT molecular complexity index is 3500. The van der Waals surface area contributed by atoms with Crippen LogP contribution in [-0.4, -0.2) is 24.5 Å². The highest BCUT2D eigenvalue weighted by Gasteiger charge is 2.20. The third-order valence-corrected chi connectivity index (χ3v) is 12.0. The number of rotatable bonds is 6. The van der Waals surface area contributed by atoms with E-state index in [9.17, 15) is 0 Å². The zero-order valence-corrected chi connectivity index (χ0v) is 32.9. The van der Waals surface area contributed by atoms with Gasteiger partial charge in [0, 0.05) is 63.3 Å². The van der Waals surface area contributed by atoms with E-state index in [0.717, 1.165) is 56.0 Å². The van der Waals surface area contributed by atoms with Gasteiger partial charge >= 0.3 is 0 Å². The van der Waals surface area contributed by atoms with Gasteiger partial charge in [0.1, 0.15) is 0 Å². The lowest BCUT2D eigenvalue weighted by Crippen LogP contribution is -1.97. The molecule has 0 N–H and O–H groups in total. The highest BCUT2D eigenvalue weighted by molar-refractivity contribution is 6.36. The van der Waals surface area contributed by atoms with E-state index in [1.54, 1.807) is 12.4 Å². The molecule has 12 rings (SSSR count). The van der Waals surface area contributed by atoms with Gasteiger partial charge in [0.25, 0.3) is 0 Å². The second kappa shape index (κ2) is 14.2. The fourth-order valence-corrected chi connectivity index (χ4v) is 9.08. The standard InChI is InChI=1S/C56H35N5/c1-2-12-45-38(9-1)27-30-49-53(45)46-13-3-4-14-47(46)54-48-15-5-6-16-52(48)61(55(49)54)44-28-25-40(26-29-44)51-33-50(39-21-17-36(18-22-39)42-10-7-31-57-34-42)59-56(60-51)41-23-19-37(20-24-41)43-11-8-32-58-35-43/h1-35H. The zero-order valence-electron chi connectivity index (χ0n) is 32.9. The van der Waals surface area contributed by atoms with Crippen molar-refractivity contribution >= 4 is 54.1 Å². The highest BCUT2D eigenvalue weighted by Crippen LogP contribution is 2.44. The van der Waals surface area contributed by atoms with E-state index < -0.39 is 0 Å². The van der Waals surface area contributed by atoms with Crippen molar-refractivity contribution in [2.75, 3.05) is 0 Å². The molecule has 0 saturated heterocycles. The minimum Gasteiger partial charge on any atom is -0.309 e. The molecule has 4 heterocycles. The van der Waals surface area contributed by atoms with Gasteiger partial charge in [-0.1, -0.05) is 152 Å².